The zero-order valence-electron chi connectivity index (χ0n) is 7.42. The van der Waals surface area contributed by atoms with Crippen LogP contribution in [0.1, 0.15) is 6.92 Å². The molecule has 0 rings (SSSR count). The van der Waals surface area contributed by atoms with Gasteiger partial charge in [-0.05, 0) is 0 Å². The average molecular weight is 264 g/mol. The van der Waals surface area contributed by atoms with Gasteiger partial charge in [-0.3, -0.25) is 0 Å². The van der Waals surface area contributed by atoms with E-state index in [1.54, 1.807) is 6.92 Å². The van der Waals surface area contributed by atoms with E-state index in [2.05, 4.69) is 0 Å². The molecule has 0 aliphatic rings. The first-order chi connectivity index (χ1) is 5.73. The molecule has 0 spiro atoms. The van der Waals surface area contributed by atoms with E-state index in [0.29, 0.717) is 0 Å². The summed E-state index contributed by atoms with van der Waals surface area (Å²) in [6, 6.07) is 0. The Balaban J connectivity index is -0.000000131. The van der Waals surface area contributed by atoms with E-state index in [1.807, 2.05) is 0 Å². The zero-order valence-corrected chi connectivity index (χ0v) is 11.2. The predicted octanol–water partition coefficient (Wildman–Crippen LogP) is -2.36. The molecule has 0 aromatic rings. The molecule has 0 aliphatic carbocycles. The third-order valence-corrected chi connectivity index (χ3v) is 0. The van der Waals surface area contributed by atoms with Crippen molar-refractivity contribution in [2.45, 2.75) is 10.3 Å². The Bertz CT molecular complexity index is 164. The van der Waals surface area contributed by atoms with Gasteiger partial charge in [-0.25, -0.2) is 9.13 Å². The van der Waals surface area contributed by atoms with Crippen LogP contribution in [0.25, 0.3) is 0 Å². The molecule has 0 aromatic carbocycles. The van der Waals surface area contributed by atoms with Gasteiger partial charge in [-0.1, -0.05) is 0 Å². The molecule has 12 heteroatoms. The number of aliphatic hydroxyl groups is 1. The minimum atomic E-state index is -4.64. The maximum atomic E-state index is 8.88. The van der Waals surface area contributed by atoms with Crippen molar-refractivity contribution in [3.05, 3.63) is 0 Å². The maximum Gasteiger partial charge on any atom is 0.466 e. The van der Waals surface area contributed by atoms with Crippen molar-refractivity contribution in [2.75, 3.05) is 0 Å². The molecule has 0 saturated heterocycles. The average Bonchev–Trinajstić information content (AvgIpc) is 1.45. The molecular weight excluding hydrogens is 253 g/mol. The van der Waals surface area contributed by atoms with E-state index in [0.717, 1.165) is 27.9 Å². The van der Waals surface area contributed by atoms with Gasteiger partial charge in [0.15, 0.2) is 0 Å². The third kappa shape index (κ3) is 1400. The molecule has 9 nitrogen and oxygen atoms in total. The monoisotopic (exact) mass is 264 g/mol. The van der Waals surface area contributed by atoms with Crippen LogP contribution in [0.2, 0.25) is 0 Å². The summed E-state index contributed by atoms with van der Waals surface area (Å²) in [5.74, 6) is 0. The van der Waals surface area contributed by atoms with Crippen LogP contribution in [0.15, 0.2) is 0 Å². The van der Waals surface area contributed by atoms with E-state index in [4.69, 9.17) is 43.6 Å². The van der Waals surface area contributed by atoms with Gasteiger partial charge in [0.1, 0.15) is 0 Å². The zero-order chi connectivity index (χ0) is 12.6. The quantitative estimate of drug-likeness (QED) is 0.186. The van der Waals surface area contributed by atoms with E-state index in [1.165, 1.54) is 0 Å². The van der Waals surface area contributed by atoms with Crippen LogP contribution in [-0.4, -0.2) is 65.8 Å². The molecule has 0 aromatic heterocycles. The molecule has 0 radical (unpaired) electrons. The van der Waals surface area contributed by atoms with Crippen LogP contribution in [0, 0.1) is 0 Å². The summed E-state index contributed by atoms with van der Waals surface area (Å²) in [6.07, 6.45) is 0. The maximum absolute atomic E-state index is 8.88. The summed E-state index contributed by atoms with van der Waals surface area (Å²) in [6.45, 7) is 1.78. The van der Waals surface area contributed by atoms with Crippen molar-refractivity contribution in [1.82, 2.24) is 0 Å². The summed E-state index contributed by atoms with van der Waals surface area (Å²) in [7, 11) is -9.28. The van der Waals surface area contributed by atoms with Crippen LogP contribution in [-0.2, 0) is 9.13 Å². The minimum absolute atomic E-state index is 0.0278. The summed E-state index contributed by atoms with van der Waals surface area (Å²) >= 11 is 0.904. The van der Waals surface area contributed by atoms with Crippen molar-refractivity contribution >= 4 is 43.6 Å². The molecule has 14 heavy (non-hydrogen) atoms. The van der Waals surface area contributed by atoms with Crippen molar-refractivity contribution < 1.29 is 43.6 Å². The first-order valence-electron chi connectivity index (χ1n) is 2.98. The molecule has 1 unspecified atom stereocenters. The van der Waals surface area contributed by atoms with E-state index >= 15 is 0 Å². The Hall–Kier alpha value is 1.18. The third-order valence-electron chi connectivity index (χ3n) is 0. The number of aliphatic hydroxyl groups excluding tert-OH is 1. The Morgan fingerprint density at radius 3 is 0.929 bits per heavy atom. The Kier molecular flexibility index (Phi) is 13.8. The van der Waals surface area contributed by atoms with Crippen LogP contribution in [0.3, 0.4) is 0 Å². The Morgan fingerprint density at radius 1 is 0.929 bits per heavy atom. The van der Waals surface area contributed by atoms with Crippen molar-refractivity contribution in [2.24, 2.45) is 0 Å². The molecule has 7 N–H and O–H groups in total. The fourth-order valence-corrected chi connectivity index (χ4v) is 0. The molecule has 0 heterocycles. The standard InChI is InChI=1S/C2H5O.Na.2H3O4P/c1-2-3;;2*1-5(2,3)4/h2-3H,1H3;;2*(H3,1,2,3,4). The number of hydrogen-bond donors (Lipinski definition) is 7. The van der Waals surface area contributed by atoms with Crippen molar-refractivity contribution in [1.29, 1.82) is 0 Å². The van der Waals surface area contributed by atoms with Crippen LogP contribution in [0.5, 0.6) is 0 Å². The van der Waals surface area contributed by atoms with Gasteiger partial charge in [-0.2, -0.15) is 0 Å². The van der Waals surface area contributed by atoms with Crippen LogP contribution in [0.4, 0.5) is 0 Å². The molecule has 0 fully saturated rings. The first kappa shape index (κ1) is 20.6. The molecule has 0 bridgehead atoms. The van der Waals surface area contributed by atoms with Crippen LogP contribution >= 0.6 is 15.6 Å². The van der Waals surface area contributed by atoms with Gasteiger partial charge >= 0.3 is 59.0 Å². The second kappa shape index (κ2) is 9.41. The second-order valence-corrected chi connectivity index (χ2v) is 5.84. The normalized spacial score (nSPS) is 13.0. The largest absolute Gasteiger partial charge is 0.466 e. The molecule has 0 saturated carbocycles. The SMILES string of the molecule is C[CH](O)[Na].O=P(O)(O)O.O=P(O)(O)O. The van der Waals surface area contributed by atoms with E-state index in [-0.39, 0.29) is 3.35 Å². The summed E-state index contributed by atoms with van der Waals surface area (Å²) in [4.78, 5) is 43.1. The molecule has 0 aliphatic heterocycles. The molecule has 1 atom stereocenters. The van der Waals surface area contributed by atoms with E-state index in [9.17, 15) is 0 Å². The summed E-state index contributed by atoms with van der Waals surface area (Å²) in [5.41, 5.74) is 0. The van der Waals surface area contributed by atoms with Gasteiger partial charge in [0.05, 0.1) is 0 Å². The van der Waals surface area contributed by atoms with Gasteiger partial charge in [-0.15, -0.1) is 0 Å². The minimum Gasteiger partial charge on any atom is -0.303 e. The number of rotatable bonds is 0. The van der Waals surface area contributed by atoms with Gasteiger partial charge < -0.3 is 29.4 Å². The second-order valence-electron chi connectivity index (χ2n) is 2.12. The van der Waals surface area contributed by atoms with E-state index < -0.39 is 15.6 Å². The summed E-state index contributed by atoms with van der Waals surface area (Å²) in [5, 5.41) is 8.12. The molecule has 84 valence electrons. The Morgan fingerprint density at radius 2 is 0.929 bits per heavy atom. The van der Waals surface area contributed by atoms with Crippen molar-refractivity contribution in [3.63, 3.8) is 0 Å². The van der Waals surface area contributed by atoms with Gasteiger partial charge in [0.25, 0.3) is 0 Å². The topological polar surface area (TPSA) is 176 Å². The summed E-state index contributed by atoms with van der Waals surface area (Å²) < 4.78 is 17.7. The number of hydrogen-bond acceptors (Lipinski definition) is 3. The Labute approximate surface area is 97.3 Å². The van der Waals surface area contributed by atoms with Crippen LogP contribution < -0.4 is 0 Å². The van der Waals surface area contributed by atoms with Gasteiger partial charge in [0, 0.05) is 0 Å². The first-order valence-corrected chi connectivity index (χ1v) is 7.26. The molecular formula is C2H11NaO9P2. The van der Waals surface area contributed by atoms with Crippen molar-refractivity contribution in [3.8, 4) is 0 Å². The smallest absolute Gasteiger partial charge is 0.303 e. The fraction of sp³-hybridized carbons (Fsp3) is 1.00. The predicted molar refractivity (Wildman–Crippen MR) is 46.0 cm³/mol. The fourth-order valence-electron chi connectivity index (χ4n) is 0. The number of phosphoric acid groups is 2. The van der Waals surface area contributed by atoms with Gasteiger partial charge in [0.2, 0.25) is 0 Å². The molecule has 0 amide bonds.